The number of nitrogens with one attached hydrogen (secondary N) is 2. The average molecular weight is 438 g/mol. The first kappa shape index (κ1) is 24.7. The first-order valence-corrected chi connectivity index (χ1v) is 8.00. The number of rotatable bonds is 7. The summed E-state index contributed by atoms with van der Waals surface area (Å²) in [5.41, 5.74) is 8.39. The molecule has 0 aliphatic carbocycles. The normalized spacial score (nSPS) is 11.7. The second-order valence-electron chi connectivity index (χ2n) is 6.57. The summed E-state index contributed by atoms with van der Waals surface area (Å²) in [6, 6.07) is 5.60. The van der Waals surface area contributed by atoms with Crippen molar-refractivity contribution in [3.63, 3.8) is 0 Å². The number of amides is 1. The molecule has 26 heavy (non-hydrogen) atoms. The first-order chi connectivity index (χ1) is 11.6. The third kappa shape index (κ3) is 9.41. The van der Waals surface area contributed by atoms with Crippen LogP contribution in [0.5, 0.6) is 0 Å². The molecule has 141 valence electrons. The zero-order valence-corrected chi connectivity index (χ0v) is 18.5. The molecule has 1 radical (unpaired) electrons. The minimum Gasteiger partial charge on any atom is -0.664 e. The van der Waals surface area contributed by atoms with Gasteiger partial charge in [-0.1, -0.05) is 12.1 Å². The summed E-state index contributed by atoms with van der Waals surface area (Å²) in [7, 11) is 1.34. The summed E-state index contributed by atoms with van der Waals surface area (Å²) in [5.74, 6) is -1.34. The van der Waals surface area contributed by atoms with Crippen molar-refractivity contribution in [2.24, 2.45) is 0 Å². The van der Waals surface area contributed by atoms with Crippen LogP contribution in [-0.2, 0) is 58.2 Å². The number of hydrogen-bond donors (Lipinski definition) is 1. The van der Waals surface area contributed by atoms with Gasteiger partial charge in [0.1, 0.15) is 5.60 Å². The molecule has 0 saturated heterocycles. The van der Waals surface area contributed by atoms with Crippen LogP contribution in [0.1, 0.15) is 43.1 Å². The Kier molecular flexibility index (Phi) is 10.8. The summed E-state index contributed by atoms with van der Waals surface area (Å²) in [4.78, 5) is 34.9. The molecule has 1 atom stereocenters. The number of ether oxygens (including phenoxy) is 2. The third-order valence-corrected chi connectivity index (χ3v) is 3.22. The second-order valence-corrected chi connectivity index (χ2v) is 6.57. The van der Waals surface area contributed by atoms with Gasteiger partial charge in [0.25, 0.3) is 11.9 Å². The molecule has 0 aliphatic rings. The zero-order chi connectivity index (χ0) is 19.0. The number of carbonyl (C=O) groups excluding carboxylic acids is 3. The molecule has 1 unspecified atom stereocenters. The maximum Gasteiger partial charge on any atom is 0.305 e. The van der Waals surface area contributed by atoms with E-state index in [4.69, 9.17) is 10.5 Å². The molecule has 0 bridgehead atoms. The van der Waals surface area contributed by atoms with Gasteiger partial charge in [0.15, 0.2) is 0 Å². The fourth-order valence-electron chi connectivity index (χ4n) is 1.92. The van der Waals surface area contributed by atoms with E-state index in [1.54, 1.807) is 45.0 Å². The molecule has 8 heteroatoms. The average Bonchev–Trinajstić information content (AvgIpc) is 2.56. The van der Waals surface area contributed by atoms with E-state index in [1.807, 2.05) is 0 Å². The van der Waals surface area contributed by atoms with E-state index in [9.17, 15) is 14.4 Å². The van der Waals surface area contributed by atoms with Gasteiger partial charge in [-0.15, -0.1) is 0 Å². The van der Waals surface area contributed by atoms with Gasteiger partial charge >= 0.3 is 5.97 Å². The fraction of sp³-hybridized carbons (Fsp3) is 0.500. The Labute approximate surface area is 179 Å². The quantitative estimate of drug-likeness (QED) is 0.658. The van der Waals surface area contributed by atoms with Crippen LogP contribution < -0.4 is 5.32 Å². The van der Waals surface area contributed by atoms with Crippen LogP contribution in [0.3, 0.4) is 0 Å². The molecule has 0 fully saturated rings. The SMILES string of the molecule is COC(=O)CCc1ccc(C(=O)NCC([NH-])C(=O)OC(C)(C)C)cc1.[Y]. The van der Waals surface area contributed by atoms with Gasteiger partial charge in [-0.25, -0.2) is 0 Å². The molecule has 0 saturated carbocycles. The molecule has 1 amide bonds. The Bertz CT molecular complexity index is 611. The van der Waals surface area contributed by atoms with E-state index in [0.717, 1.165) is 5.56 Å². The smallest absolute Gasteiger partial charge is 0.305 e. The molecule has 0 spiro atoms. The second kappa shape index (κ2) is 11.4. The number of benzene rings is 1. The standard InChI is InChI=1S/C18H25N2O5.Y/c1-18(2,3)25-17(23)14(19)11-20-16(22)13-8-5-12(6-9-13)7-10-15(21)24-4;/h5-6,8-9,14,19H,7,10-11H2,1-4H3,(H,20,22);/q-1;. The van der Waals surface area contributed by atoms with Crippen molar-refractivity contribution in [1.29, 1.82) is 0 Å². The Hall–Kier alpha value is -1.31. The van der Waals surface area contributed by atoms with E-state index >= 15 is 0 Å². The van der Waals surface area contributed by atoms with Crippen molar-refractivity contribution < 1.29 is 56.6 Å². The monoisotopic (exact) mass is 438 g/mol. The molecule has 1 rings (SSSR count). The van der Waals surface area contributed by atoms with E-state index in [2.05, 4.69) is 10.1 Å². The number of esters is 2. The van der Waals surface area contributed by atoms with Crippen LogP contribution in [0.25, 0.3) is 5.73 Å². The van der Waals surface area contributed by atoms with E-state index in [-0.39, 0.29) is 57.6 Å². The maximum absolute atomic E-state index is 12.1. The van der Waals surface area contributed by atoms with Crippen LogP contribution in [-0.4, -0.2) is 43.1 Å². The summed E-state index contributed by atoms with van der Waals surface area (Å²) < 4.78 is 9.67. The summed E-state index contributed by atoms with van der Waals surface area (Å²) in [5, 5.41) is 2.54. The summed E-state index contributed by atoms with van der Waals surface area (Å²) in [6.07, 6.45) is 0.806. The molecule has 1 aromatic rings. The van der Waals surface area contributed by atoms with Crippen LogP contribution in [0.4, 0.5) is 0 Å². The Morgan fingerprint density at radius 2 is 1.73 bits per heavy atom. The van der Waals surface area contributed by atoms with Gasteiger partial charge in [0.2, 0.25) is 0 Å². The Morgan fingerprint density at radius 1 is 1.15 bits per heavy atom. The van der Waals surface area contributed by atoms with E-state index in [0.29, 0.717) is 12.0 Å². The number of methoxy groups -OCH3 is 1. The van der Waals surface area contributed by atoms with Crippen LogP contribution in [0.2, 0.25) is 0 Å². The van der Waals surface area contributed by atoms with Crippen LogP contribution in [0.15, 0.2) is 24.3 Å². The van der Waals surface area contributed by atoms with E-state index < -0.39 is 17.6 Å². The van der Waals surface area contributed by atoms with Gasteiger partial charge < -0.3 is 20.5 Å². The number of carbonyl (C=O) groups is 3. The van der Waals surface area contributed by atoms with Crippen LogP contribution in [0, 0.1) is 0 Å². The molecule has 1 aromatic carbocycles. The predicted octanol–water partition coefficient (Wildman–Crippen LogP) is 2.28. The topological polar surface area (TPSA) is 106 Å². The molecular formula is C18H25N2O5Y-. The minimum atomic E-state index is -1.18. The van der Waals surface area contributed by atoms with Gasteiger partial charge in [-0.3, -0.25) is 14.4 Å². The zero-order valence-electron chi connectivity index (χ0n) is 15.6. The number of aryl methyl sites for hydroxylation is 1. The Balaban J connectivity index is 0.00000625. The van der Waals surface area contributed by atoms with Gasteiger partial charge in [-0.2, -0.15) is 0 Å². The molecule has 0 aliphatic heterocycles. The summed E-state index contributed by atoms with van der Waals surface area (Å²) in [6.45, 7) is 5.03. The van der Waals surface area contributed by atoms with Crippen molar-refractivity contribution in [3.8, 4) is 0 Å². The van der Waals surface area contributed by atoms with Crippen molar-refractivity contribution >= 4 is 17.8 Å². The third-order valence-electron chi connectivity index (χ3n) is 3.22. The van der Waals surface area contributed by atoms with Gasteiger partial charge in [0, 0.05) is 51.2 Å². The van der Waals surface area contributed by atoms with Crippen LogP contribution >= 0.6 is 0 Å². The number of hydrogen-bond acceptors (Lipinski definition) is 5. The van der Waals surface area contributed by atoms with Gasteiger partial charge in [-0.05, 0) is 50.9 Å². The minimum absolute atomic E-state index is 0. The molecule has 2 N–H and O–H groups in total. The molecule has 7 nitrogen and oxygen atoms in total. The van der Waals surface area contributed by atoms with Crippen molar-refractivity contribution in [3.05, 3.63) is 41.1 Å². The Morgan fingerprint density at radius 3 is 2.23 bits per heavy atom. The van der Waals surface area contributed by atoms with Crippen molar-refractivity contribution in [2.45, 2.75) is 45.3 Å². The van der Waals surface area contributed by atoms with Gasteiger partial charge in [0.05, 0.1) is 7.11 Å². The fourth-order valence-corrected chi connectivity index (χ4v) is 1.92. The maximum atomic E-state index is 12.1. The van der Waals surface area contributed by atoms with Crippen molar-refractivity contribution in [1.82, 2.24) is 5.32 Å². The molecule has 0 aromatic heterocycles. The van der Waals surface area contributed by atoms with Crippen molar-refractivity contribution in [2.75, 3.05) is 13.7 Å². The predicted molar refractivity (Wildman–Crippen MR) is 93.1 cm³/mol. The summed E-state index contributed by atoms with van der Waals surface area (Å²) >= 11 is 0. The first-order valence-electron chi connectivity index (χ1n) is 8.00. The largest absolute Gasteiger partial charge is 0.664 e. The molecular weight excluding hydrogens is 413 g/mol. The molecule has 0 heterocycles. The van der Waals surface area contributed by atoms with E-state index in [1.165, 1.54) is 7.11 Å².